The number of carbonyl (C=O) groups excluding carboxylic acids is 1. The molecule has 1 aromatic carbocycles. The van der Waals surface area contributed by atoms with Gasteiger partial charge in [0.1, 0.15) is 5.75 Å². The predicted octanol–water partition coefficient (Wildman–Crippen LogP) is -0.233. The topological polar surface area (TPSA) is 98.5 Å². The quantitative estimate of drug-likeness (QED) is 0.779. The molecular weight excluding hydrogens is 244 g/mol. The van der Waals surface area contributed by atoms with Gasteiger partial charge in [0.05, 0.1) is 4.90 Å². The summed E-state index contributed by atoms with van der Waals surface area (Å²) in [7, 11) is -2.21. The third kappa shape index (κ3) is 3.72. The lowest BCUT2D eigenvalue weighted by molar-refractivity contribution is -0.122. The average molecular weight is 258 g/mol. The number of nitrogens with one attached hydrogen (secondary N) is 1. The van der Waals surface area contributed by atoms with Gasteiger partial charge in [0, 0.05) is 7.05 Å². The molecule has 7 heteroatoms. The molecule has 3 N–H and O–H groups in total. The van der Waals surface area contributed by atoms with Gasteiger partial charge in [-0.2, -0.15) is 0 Å². The van der Waals surface area contributed by atoms with E-state index in [2.05, 4.69) is 5.32 Å². The van der Waals surface area contributed by atoms with Crippen LogP contribution in [0.25, 0.3) is 0 Å². The number of sulfonamides is 1. The molecule has 94 valence electrons. The molecule has 1 amide bonds. The minimum absolute atomic E-state index is 0.0160. The molecule has 0 spiro atoms. The largest absolute Gasteiger partial charge is 0.484 e. The summed E-state index contributed by atoms with van der Waals surface area (Å²) in [6.45, 7) is 1.56. The van der Waals surface area contributed by atoms with Gasteiger partial charge in [-0.1, -0.05) is 0 Å². The van der Waals surface area contributed by atoms with E-state index in [4.69, 9.17) is 9.88 Å². The van der Waals surface area contributed by atoms with Gasteiger partial charge in [0.2, 0.25) is 10.0 Å². The number of ether oxygens (including phenoxy) is 1. The molecule has 6 nitrogen and oxygen atoms in total. The number of benzene rings is 1. The van der Waals surface area contributed by atoms with Gasteiger partial charge in [-0.05, 0) is 30.7 Å². The Morgan fingerprint density at radius 1 is 1.47 bits per heavy atom. The van der Waals surface area contributed by atoms with E-state index in [1.165, 1.54) is 25.2 Å². The normalized spacial score (nSPS) is 11.0. The Hall–Kier alpha value is -1.60. The van der Waals surface area contributed by atoms with Gasteiger partial charge >= 0.3 is 0 Å². The second-order valence-electron chi connectivity index (χ2n) is 3.43. The molecule has 0 radical (unpaired) electrons. The number of likely N-dealkylation sites (N-methyl/N-ethyl adjacent to an activating group) is 1. The second kappa shape index (κ2) is 5.15. The van der Waals surface area contributed by atoms with Crippen molar-refractivity contribution in [1.82, 2.24) is 5.32 Å². The highest BCUT2D eigenvalue weighted by Crippen LogP contribution is 2.20. The maximum atomic E-state index is 11.1. The first kappa shape index (κ1) is 13.5. The van der Waals surface area contributed by atoms with Crippen LogP contribution in [0.1, 0.15) is 5.56 Å². The summed E-state index contributed by atoms with van der Waals surface area (Å²) in [6.07, 6.45) is 0. The molecule has 0 unspecified atom stereocenters. The summed E-state index contributed by atoms with van der Waals surface area (Å²) in [6, 6.07) is 4.20. The third-order valence-electron chi connectivity index (χ3n) is 2.11. The molecule has 0 aliphatic carbocycles. The number of carbonyl (C=O) groups is 1. The van der Waals surface area contributed by atoms with Crippen LogP contribution in [0.5, 0.6) is 5.75 Å². The van der Waals surface area contributed by atoms with Crippen LogP contribution in [0.15, 0.2) is 23.1 Å². The van der Waals surface area contributed by atoms with Gasteiger partial charge in [0.15, 0.2) is 6.61 Å². The van der Waals surface area contributed by atoms with Crippen molar-refractivity contribution >= 4 is 15.9 Å². The molecule has 17 heavy (non-hydrogen) atoms. The summed E-state index contributed by atoms with van der Waals surface area (Å²) in [5, 5.41) is 7.40. The van der Waals surface area contributed by atoms with Crippen LogP contribution in [-0.2, 0) is 14.8 Å². The molecule has 0 aliphatic rings. The van der Waals surface area contributed by atoms with Gasteiger partial charge < -0.3 is 10.1 Å². The Bertz CT molecular complexity index is 525. The van der Waals surface area contributed by atoms with Gasteiger partial charge in [-0.15, -0.1) is 0 Å². The van der Waals surface area contributed by atoms with Crippen LogP contribution >= 0.6 is 0 Å². The van der Waals surface area contributed by atoms with Crippen molar-refractivity contribution in [3.8, 4) is 5.75 Å². The maximum Gasteiger partial charge on any atom is 0.257 e. The number of rotatable bonds is 4. The van der Waals surface area contributed by atoms with Gasteiger partial charge in [-0.3, -0.25) is 4.79 Å². The van der Waals surface area contributed by atoms with Crippen molar-refractivity contribution in [3.63, 3.8) is 0 Å². The van der Waals surface area contributed by atoms with Crippen LogP contribution in [0.2, 0.25) is 0 Å². The van der Waals surface area contributed by atoms with Crippen molar-refractivity contribution in [2.24, 2.45) is 5.14 Å². The number of hydrogen-bond acceptors (Lipinski definition) is 4. The Morgan fingerprint density at radius 2 is 2.12 bits per heavy atom. The first-order valence-corrected chi connectivity index (χ1v) is 6.36. The summed E-state index contributed by atoms with van der Waals surface area (Å²) in [4.78, 5) is 11.0. The molecule has 1 rings (SSSR count). The SMILES string of the molecule is CNC(=O)COc1ccc(S(N)(=O)=O)cc1C. The van der Waals surface area contributed by atoms with E-state index < -0.39 is 10.0 Å². The fourth-order valence-corrected chi connectivity index (χ4v) is 1.78. The van der Waals surface area contributed by atoms with E-state index in [0.717, 1.165) is 0 Å². The monoisotopic (exact) mass is 258 g/mol. The first-order valence-electron chi connectivity index (χ1n) is 4.81. The molecule has 0 aromatic heterocycles. The fraction of sp³-hybridized carbons (Fsp3) is 0.300. The Balaban J connectivity index is 2.88. The third-order valence-corrected chi connectivity index (χ3v) is 3.02. The fourth-order valence-electron chi connectivity index (χ4n) is 1.18. The lowest BCUT2D eigenvalue weighted by Gasteiger charge is -2.09. The molecule has 0 atom stereocenters. The lowest BCUT2D eigenvalue weighted by atomic mass is 10.2. The lowest BCUT2D eigenvalue weighted by Crippen LogP contribution is -2.25. The Labute approximate surface area is 99.8 Å². The number of aryl methyl sites for hydroxylation is 1. The standard InChI is InChI=1S/C10H14N2O4S/c1-7-5-8(17(11,14)15)3-4-9(7)16-6-10(13)12-2/h3-5H,6H2,1-2H3,(H,12,13)(H2,11,14,15). The zero-order chi connectivity index (χ0) is 13.1. The van der Waals surface area contributed by atoms with Crippen molar-refractivity contribution in [2.45, 2.75) is 11.8 Å². The maximum absolute atomic E-state index is 11.1. The number of amides is 1. The molecule has 0 saturated carbocycles. The summed E-state index contributed by atoms with van der Waals surface area (Å²) >= 11 is 0. The molecule has 0 bridgehead atoms. The molecule has 0 fully saturated rings. The average Bonchev–Trinajstić information content (AvgIpc) is 2.25. The van der Waals surface area contributed by atoms with Crippen LogP contribution in [0.4, 0.5) is 0 Å². The summed E-state index contributed by atoms with van der Waals surface area (Å²) < 4.78 is 27.4. The molecule has 0 saturated heterocycles. The van der Waals surface area contributed by atoms with Crippen molar-refractivity contribution < 1.29 is 17.9 Å². The highest BCUT2D eigenvalue weighted by Gasteiger charge is 2.10. The van der Waals surface area contributed by atoms with Crippen molar-refractivity contribution in [2.75, 3.05) is 13.7 Å². The molecule has 0 heterocycles. The van der Waals surface area contributed by atoms with E-state index >= 15 is 0 Å². The second-order valence-corrected chi connectivity index (χ2v) is 5.00. The summed E-state index contributed by atoms with van der Waals surface area (Å²) in [5.41, 5.74) is 0.598. The number of hydrogen-bond donors (Lipinski definition) is 2. The van der Waals surface area contributed by atoms with Crippen LogP contribution in [0, 0.1) is 6.92 Å². The van der Waals surface area contributed by atoms with E-state index in [-0.39, 0.29) is 17.4 Å². The van der Waals surface area contributed by atoms with E-state index in [9.17, 15) is 13.2 Å². The molecular formula is C10H14N2O4S. The highest BCUT2D eigenvalue weighted by atomic mass is 32.2. The zero-order valence-electron chi connectivity index (χ0n) is 9.56. The zero-order valence-corrected chi connectivity index (χ0v) is 10.4. The van der Waals surface area contributed by atoms with Gasteiger partial charge in [0.25, 0.3) is 5.91 Å². The van der Waals surface area contributed by atoms with Crippen molar-refractivity contribution in [3.05, 3.63) is 23.8 Å². The van der Waals surface area contributed by atoms with Crippen LogP contribution in [-0.4, -0.2) is 28.0 Å². The first-order chi connectivity index (χ1) is 7.84. The Kier molecular flexibility index (Phi) is 4.08. The Morgan fingerprint density at radius 3 is 2.59 bits per heavy atom. The predicted molar refractivity (Wildman–Crippen MR) is 62.1 cm³/mol. The van der Waals surface area contributed by atoms with Gasteiger partial charge in [-0.25, -0.2) is 13.6 Å². The van der Waals surface area contributed by atoms with E-state index in [1.54, 1.807) is 6.92 Å². The van der Waals surface area contributed by atoms with E-state index in [0.29, 0.717) is 11.3 Å². The smallest absolute Gasteiger partial charge is 0.257 e. The minimum Gasteiger partial charge on any atom is -0.484 e. The van der Waals surface area contributed by atoms with Crippen molar-refractivity contribution in [1.29, 1.82) is 0 Å². The minimum atomic E-state index is -3.71. The highest BCUT2D eigenvalue weighted by molar-refractivity contribution is 7.89. The number of nitrogens with two attached hydrogens (primary N) is 1. The molecule has 1 aromatic rings. The summed E-state index contributed by atoms with van der Waals surface area (Å²) in [5.74, 6) is 0.181. The molecule has 0 aliphatic heterocycles. The van der Waals surface area contributed by atoms with Crippen LogP contribution in [0.3, 0.4) is 0 Å². The van der Waals surface area contributed by atoms with Crippen LogP contribution < -0.4 is 15.2 Å². The van der Waals surface area contributed by atoms with E-state index in [1.807, 2.05) is 0 Å². The number of primary sulfonamides is 1.